The van der Waals surface area contributed by atoms with Crippen LogP contribution in [0.3, 0.4) is 0 Å². The molecule has 0 radical (unpaired) electrons. The first kappa shape index (κ1) is 21.8. The van der Waals surface area contributed by atoms with Gasteiger partial charge in [-0.2, -0.15) is 0 Å². The number of hydrogen-bond acceptors (Lipinski definition) is 6. The Hall–Kier alpha value is -4.47. The fourth-order valence-corrected chi connectivity index (χ4v) is 3.85. The summed E-state index contributed by atoms with van der Waals surface area (Å²) in [4.78, 5) is 49.3. The van der Waals surface area contributed by atoms with Crippen molar-refractivity contribution in [3.63, 3.8) is 0 Å². The van der Waals surface area contributed by atoms with Crippen molar-refractivity contribution < 1.29 is 14.5 Å². The molecule has 0 aliphatic heterocycles. The summed E-state index contributed by atoms with van der Waals surface area (Å²) >= 11 is 0. The lowest BCUT2D eigenvalue weighted by atomic mass is 10.1. The summed E-state index contributed by atoms with van der Waals surface area (Å²) in [7, 11) is 2.90. The number of non-ortho nitro benzene ring substituents is 1. The second-order valence-electron chi connectivity index (χ2n) is 7.36. The molecule has 0 aliphatic rings. The van der Waals surface area contributed by atoms with E-state index in [0.29, 0.717) is 22.5 Å². The van der Waals surface area contributed by atoms with Gasteiger partial charge in [0.05, 0.1) is 39.4 Å². The minimum absolute atomic E-state index is 0.159. The van der Waals surface area contributed by atoms with Crippen LogP contribution in [0.4, 0.5) is 5.69 Å². The molecular weight excluding hydrogens is 428 g/mol. The molecule has 2 aromatic heterocycles. The van der Waals surface area contributed by atoms with E-state index >= 15 is 0 Å². The summed E-state index contributed by atoms with van der Waals surface area (Å²) in [6.07, 6.45) is 1.57. The lowest BCUT2D eigenvalue weighted by molar-refractivity contribution is -0.384. The number of ether oxygens (including phenoxy) is 1. The number of esters is 1. The van der Waals surface area contributed by atoms with Crippen molar-refractivity contribution in [2.24, 2.45) is 14.1 Å². The average molecular weight is 448 g/mol. The molecule has 0 unspecified atom stereocenters. The van der Waals surface area contributed by atoms with Gasteiger partial charge in [0.1, 0.15) is 0 Å². The van der Waals surface area contributed by atoms with Gasteiger partial charge >= 0.3 is 11.7 Å². The van der Waals surface area contributed by atoms with Gasteiger partial charge in [-0.15, -0.1) is 0 Å². The first-order chi connectivity index (χ1) is 15.8. The summed E-state index contributed by atoms with van der Waals surface area (Å²) in [5.74, 6) is -0.558. The lowest BCUT2D eigenvalue weighted by Crippen LogP contribution is -2.36. The van der Waals surface area contributed by atoms with Gasteiger partial charge in [0, 0.05) is 38.0 Å². The van der Waals surface area contributed by atoms with E-state index in [2.05, 4.69) is 0 Å². The Morgan fingerprint density at radius 1 is 1.06 bits per heavy atom. The summed E-state index contributed by atoms with van der Waals surface area (Å²) in [6.45, 7) is 1.87. The smallest absolute Gasteiger partial charge is 0.340 e. The van der Waals surface area contributed by atoms with Gasteiger partial charge in [-0.05, 0) is 19.1 Å². The highest BCUT2D eigenvalue weighted by molar-refractivity contribution is 5.98. The Balaban J connectivity index is 2.18. The number of carbonyl (C=O) groups excluding carboxylic acids is 1. The number of nitro groups is 1. The van der Waals surface area contributed by atoms with E-state index in [-0.39, 0.29) is 23.2 Å². The number of aromatic nitrogens is 3. The predicted octanol–water partition coefficient (Wildman–Crippen LogP) is 2.78. The first-order valence-electron chi connectivity index (χ1n) is 10.1. The fourth-order valence-electron chi connectivity index (χ4n) is 3.85. The van der Waals surface area contributed by atoms with Crippen LogP contribution in [0.5, 0.6) is 0 Å². The minimum Gasteiger partial charge on any atom is -0.462 e. The van der Waals surface area contributed by atoms with Crippen LogP contribution >= 0.6 is 0 Å². The molecule has 0 saturated carbocycles. The van der Waals surface area contributed by atoms with E-state index in [9.17, 15) is 24.5 Å². The van der Waals surface area contributed by atoms with Crippen LogP contribution < -0.4 is 11.2 Å². The molecule has 0 amide bonds. The van der Waals surface area contributed by atoms with E-state index in [4.69, 9.17) is 4.74 Å². The van der Waals surface area contributed by atoms with E-state index in [1.54, 1.807) is 48.0 Å². The average Bonchev–Trinajstić information content (AvgIpc) is 3.22. The fraction of sp³-hybridized carbons (Fsp3) is 0.174. The standard InChI is InChI=1S/C23H20N4O6/c1-4-33-22(29)16-10-5-6-11-17(16)26-13-18-19(21(28)25(3)23(30)24(18)2)20(26)14-8-7-9-15(12-14)27(31)32/h5-13H,4H2,1-3H3. The van der Waals surface area contributed by atoms with Gasteiger partial charge < -0.3 is 9.30 Å². The summed E-state index contributed by atoms with van der Waals surface area (Å²) in [6, 6.07) is 12.5. The molecule has 0 N–H and O–H groups in total. The van der Waals surface area contributed by atoms with Crippen LogP contribution in [0.25, 0.3) is 27.8 Å². The third kappa shape index (κ3) is 3.51. The Kier molecular flexibility index (Phi) is 5.42. The van der Waals surface area contributed by atoms with Gasteiger partial charge in [-0.1, -0.05) is 24.3 Å². The van der Waals surface area contributed by atoms with Crippen LogP contribution in [0.2, 0.25) is 0 Å². The summed E-state index contributed by atoms with van der Waals surface area (Å²) < 4.78 is 9.07. The Morgan fingerprint density at radius 3 is 2.48 bits per heavy atom. The molecule has 33 heavy (non-hydrogen) atoms. The molecule has 2 heterocycles. The van der Waals surface area contributed by atoms with Crippen LogP contribution in [0, 0.1) is 10.1 Å². The molecule has 4 rings (SSSR count). The van der Waals surface area contributed by atoms with E-state index in [1.165, 1.54) is 36.9 Å². The first-order valence-corrected chi connectivity index (χ1v) is 10.1. The van der Waals surface area contributed by atoms with Crippen LogP contribution in [0.1, 0.15) is 17.3 Å². The van der Waals surface area contributed by atoms with Crippen LogP contribution in [-0.4, -0.2) is 31.2 Å². The van der Waals surface area contributed by atoms with Crippen molar-refractivity contribution in [3.05, 3.63) is 91.2 Å². The van der Waals surface area contributed by atoms with E-state index in [1.807, 2.05) is 0 Å². The highest BCUT2D eigenvalue weighted by atomic mass is 16.6. The van der Waals surface area contributed by atoms with Gasteiger partial charge in [-0.3, -0.25) is 24.0 Å². The largest absolute Gasteiger partial charge is 0.462 e. The molecule has 0 spiro atoms. The predicted molar refractivity (Wildman–Crippen MR) is 122 cm³/mol. The topological polar surface area (TPSA) is 118 Å². The van der Waals surface area contributed by atoms with Crippen molar-refractivity contribution in [3.8, 4) is 16.9 Å². The van der Waals surface area contributed by atoms with E-state index in [0.717, 1.165) is 4.57 Å². The van der Waals surface area contributed by atoms with Gasteiger partial charge in [0.15, 0.2) is 0 Å². The second kappa shape index (κ2) is 8.23. The molecular formula is C23H20N4O6. The normalized spacial score (nSPS) is 11.0. The number of nitrogens with zero attached hydrogens (tertiary/aromatic N) is 4. The molecule has 4 aromatic rings. The monoisotopic (exact) mass is 448 g/mol. The number of benzene rings is 2. The molecule has 0 atom stereocenters. The second-order valence-corrected chi connectivity index (χ2v) is 7.36. The van der Waals surface area contributed by atoms with E-state index < -0.39 is 22.1 Å². The summed E-state index contributed by atoms with van der Waals surface area (Å²) in [5.41, 5.74) is 0.444. The summed E-state index contributed by atoms with van der Waals surface area (Å²) in [5, 5.41) is 11.6. The molecule has 10 heteroatoms. The van der Waals surface area contributed by atoms with Gasteiger partial charge in [0.2, 0.25) is 0 Å². The lowest BCUT2D eigenvalue weighted by Gasteiger charge is -2.14. The zero-order valence-electron chi connectivity index (χ0n) is 18.1. The number of fused-ring (bicyclic) bond motifs is 1. The van der Waals surface area contributed by atoms with Crippen molar-refractivity contribution >= 4 is 22.6 Å². The number of rotatable bonds is 5. The SMILES string of the molecule is CCOC(=O)c1ccccc1-n1cc2c(c1-c1cccc([N+](=O)[O-])c1)c(=O)n(C)c(=O)n2C. The number of hydrogen-bond donors (Lipinski definition) is 0. The zero-order chi connectivity index (χ0) is 23.9. The third-order valence-corrected chi connectivity index (χ3v) is 5.43. The Labute approximate surface area is 187 Å². The molecule has 10 nitrogen and oxygen atoms in total. The molecule has 0 saturated heterocycles. The van der Waals surface area contributed by atoms with Crippen LogP contribution in [0.15, 0.2) is 64.3 Å². The Bertz CT molecular complexity index is 1540. The van der Waals surface area contributed by atoms with Crippen molar-refractivity contribution in [1.82, 2.24) is 13.7 Å². The van der Waals surface area contributed by atoms with Crippen molar-refractivity contribution in [2.75, 3.05) is 6.61 Å². The molecule has 168 valence electrons. The highest BCUT2D eigenvalue weighted by Gasteiger charge is 2.24. The molecule has 2 aromatic carbocycles. The third-order valence-electron chi connectivity index (χ3n) is 5.43. The molecule has 0 bridgehead atoms. The number of aryl methyl sites for hydroxylation is 1. The number of nitro benzene ring substituents is 1. The van der Waals surface area contributed by atoms with Crippen molar-refractivity contribution in [2.45, 2.75) is 6.92 Å². The van der Waals surface area contributed by atoms with Gasteiger partial charge in [-0.25, -0.2) is 9.59 Å². The maximum atomic E-state index is 13.2. The highest BCUT2D eigenvalue weighted by Crippen LogP contribution is 2.33. The van der Waals surface area contributed by atoms with Crippen LogP contribution in [-0.2, 0) is 18.8 Å². The molecule has 0 fully saturated rings. The number of para-hydroxylation sites is 1. The minimum atomic E-state index is -0.558. The number of carbonyl (C=O) groups is 1. The maximum Gasteiger partial charge on any atom is 0.340 e. The molecule has 0 aliphatic carbocycles. The van der Waals surface area contributed by atoms with Crippen molar-refractivity contribution in [1.29, 1.82) is 0 Å². The zero-order valence-corrected chi connectivity index (χ0v) is 18.1. The Morgan fingerprint density at radius 2 is 1.79 bits per heavy atom. The quantitative estimate of drug-likeness (QED) is 0.263. The maximum absolute atomic E-state index is 13.2. The van der Waals surface area contributed by atoms with Gasteiger partial charge in [0.25, 0.3) is 11.2 Å².